The number of likely N-dealkylation sites (tertiary alicyclic amines) is 1. The lowest BCUT2D eigenvalue weighted by Crippen LogP contribution is -2.39. The zero-order chi connectivity index (χ0) is 19.6. The number of guanidine groups is 1. The van der Waals surface area contributed by atoms with E-state index >= 15 is 0 Å². The molecule has 0 spiro atoms. The summed E-state index contributed by atoms with van der Waals surface area (Å²) < 4.78 is 0. The molecule has 3 heterocycles. The Morgan fingerprint density at radius 3 is 2.79 bits per heavy atom. The van der Waals surface area contributed by atoms with Gasteiger partial charge >= 0.3 is 0 Å². The highest BCUT2D eigenvalue weighted by molar-refractivity contribution is 7.10. The van der Waals surface area contributed by atoms with Crippen LogP contribution in [0.25, 0.3) is 0 Å². The van der Waals surface area contributed by atoms with Crippen molar-refractivity contribution in [3.8, 4) is 0 Å². The minimum absolute atomic E-state index is 0.686. The third-order valence-corrected chi connectivity index (χ3v) is 7.07. The highest BCUT2D eigenvalue weighted by Gasteiger charge is 2.20. The van der Waals surface area contributed by atoms with E-state index in [0.29, 0.717) is 5.92 Å². The fourth-order valence-electron chi connectivity index (χ4n) is 3.46. The van der Waals surface area contributed by atoms with E-state index in [-0.39, 0.29) is 0 Å². The molecule has 2 aromatic heterocycles. The van der Waals surface area contributed by atoms with Crippen LogP contribution in [0, 0.1) is 5.92 Å². The Kier molecular flexibility index (Phi) is 8.76. The molecule has 0 unspecified atom stereocenters. The Hall–Kier alpha value is -1.44. The van der Waals surface area contributed by atoms with E-state index in [1.807, 2.05) is 11.3 Å². The van der Waals surface area contributed by atoms with E-state index in [2.05, 4.69) is 52.3 Å². The molecule has 1 fully saturated rings. The lowest BCUT2D eigenvalue weighted by Gasteiger charge is -2.30. The number of hydrogen-bond acceptors (Lipinski definition) is 5. The largest absolute Gasteiger partial charge is 0.357 e. The number of aliphatic imine (C=N–C) groups is 1. The number of thiophene rings is 1. The van der Waals surface area contributed by atoms with Crippen LogP contribution in [0.4, 0.5) is 0 Å². The molecule has 5 nitrogen and oxygen atoms in total. The first-order chi connectivity index (χ1) is 13.8. The number of rotatable bonds is 9. The van der Waals surface area contributed by atoms with Crippen LogP contribution < -0.4 is 10.6 Å². The molecule has 0 aromatic carbocycles. The summed E-state index contributed by atoms with van der Waals surface area (Å²) in [7, 11) is 0. The normalized spacial score (nSPS) is 16.4. The van der Waals surface area contributed by atoms with Crippen molar-refractivity contribution in [2.75, 3.05) is 32.7 Å². The number of aryl methyl sites for hydroxylation is 1. The van der Waals surface area contributed by atoms with Crippen molar-refractivity contribution in [3.63, 3.8) is 0 Å². The maximum atomic E-state index is 4.85. The molecular weight excluding hydrogens is 386 g/mol. The van der Waals surface area contributed by atoms with Crippen molar-refractivity contribution in [1.29, 1.82) is 0 Å². The summed E-state index contributed by atoms with van der Waals surface area (Å²) in [5, 5.41) is 12.5. The van der Waals surface area contributed by atoms with E-state index in [4.69, 9.17) is 9.98 Å². The van der Waals surface area contributed by atoms with Crippen LogP contribution in [0.2, 0.25) is 0 Å². The van der Waals surface area contributed by atoms with E-state index in [0.717, 1.165) is 58.1 Å². The summed E-state index contributed by atoms with van der Waals surface area (Å²) in [5.41, 5.74) is 1.24. The lowest BCUT2D eigenvalue weighted by atomic mass is 9.97. The van der Waals surface area contributed by atoms with Gasteiger partial charge in [-0.05, 0) is 63.1 Å². The molecule has 0 atom stereocenters. The highest BCUT2D eigenvalue weighted by Crippen LogP contribution is 2.20. The fourth-order valence-corrected chi connectivity index (χ4v) is 4.91. The van der Waals surface area contributed by atoms with Crippen molar-refractivity contribution in [2.45, 2.75) is 46.1 Å². The molecule has 28 heavy (non-hydrogen) atoms. The third-order valence-electron chi connectivity index (χ3n) is 5.09. The van der Waals surface area contributed by atoms with E-state index in [1.54, 1.807) is 11.3 Å². The molecule has 1 saturated heterocycles. The Bertz CT molecular complexity index is 702. The van der Waals surface area contributed by atoms with Gasteiger partial charge in [-0.25, -0.2) is 4.98 Å². The molecule has 0 radical (unpaired) electrons. The molecule has 7 heteroatoms. The SMILES string of the molecule is CCNC(=NCC1CCN(Cc2csc(CC)n2)CC1)NCCc1cccs1. The molecule has 154 valence electrons. The first-order valence-electron chi connectivity index (χ1n) is 10.5. The van der Waals surface area contributed by atoms with Crippen LogP contribution >= 0.6 is 22.7 Å². The molecule has 1 aliphatic rings. The van der Waals surface area contributed by atoms with Gasteiger partial charge in [-0.2, -0.15) is 0 Å². The van der Waals surface area contributed by atoms with Gasteiger partial charge in [-0.15, -0.1) is 22.7 Å². The van der Waals surface area contributed by atoms with Crippen molar-refractivity contribution in [3.05, 3.63) is 38.5 Å². The molecule has 0 bridgehead atoms. The number of nitrogens with one attached hydrogen (secondary N) is 2. The van der Waals surface area contributed by atoms with Crippen LogP contribution in [0.3, 0.4) is 0 Å². The molecule has 3 rings (SSSR count). The number of nitrogens with zero attached hydrogens (tertiary/aromatic N) is 3. The van der Waals surface area contributed by atoms with Crippen LogP contribution in [0.5, 0.6) is 0 Å². The minimum Gasteiger partial charge on any atom is -0.357 e. The molecule has 0 aliphatic carbocycles. The van der Waals surface area contributed by atoms with Gasteiger partial charge in [0.25, 0.3) is 0 Å². The summed E-state index contributed by atoms with van der Waals surface area (Å²) in [6, 6.07) is 4.31. The zero-order valence-corrected chi connectivity index (χ0v) is 18.7. The maximum absolute atomic E-state index is 4.85. The average molecular weight is 420 g/mol. The fraction of sp³-hybridized carbons (Fsp3) is 0.619. The summed E-state index contributed by atoms with van der Waals surface area (Å²) >= 11 is 3.61. The molecule has 0 saturated carbocycles. The number of thiazole rings is 1. The second-order valence-electron chi connectivity index (χ2n) is 7.28. The van der Waals surface area contributed by atoms with Crippen molar-refractivity contribution in [1.82, 2.24) is 20.5 Å². The predicted octanol–water partition coefficient (Wildman–Crippen LogP) is 3.78. The number of aromatic nitrogens is 1. The Morgan fingerprint density at radius 2 is 2.11 bits per heavy atom. The van der Waals surface area contributed by atoms with E-state index < -0.39 is 0 Å². The topological polar surface area (TPSA) is 52.6 Å². The van der Waals surface area contributed by atoms with Gasteiger partial charge in [-0.3, -0.25) is 9.89 Å². The van der Waals surface area contributed by atoms with Gasteiger partial charge in [0.2, 0.25) is 0 Å². The van der Waals surface area contributed by atoms with Crippen molar-refractivity contribution < 1.29 is 0 Å². The Morgan fingerprint density at radius 1 is 1.25 bits per heavy atom. The van der Waals surface area contributed by atoms with Gasteiger partial charge in [0, 0.05) is 36.4 Å². The van der Waals surface area contributed by atoms with Crippen molar-refractivity contribution in [2.24, 2.45) is 10.9 Å². The quantitative estimate of drug-likeness (QED) is 0.480. The zero-order valence-electron chi connectivity index (χ0n) is 17.1. The van der Waals surface area contributed by atoms with Crippen LogP contribution in [-0.4, -0.2) is 48.6 Å². The summed E-state index contributed by atoms with van der Waals surface area (Å²) in [6.07, 6.45) is 4.54. The first kappa shape index (κ1) is 21.3. The van der Waals surface area contributed by atoms with Crippen LogP contribution in [-0.2, 0) is 19.4 Å². The predicted molar refractivity (Wildman–Crippen MR) is 121 cm³/mol. The summed E-state index contributed by atoms with van der Waals surface area (Å²) in [6.45, 7) is 10.3. The maximum Gasteiger partial charge on any atom is 0.191 e. The second kappa shape index (κ2) is 11.5. The van der Waals surface area contributed by atoms with Crippen molar-refractivity contribution >= 4 is 28.6 Å². The van der Waals surface area contributed by atoms with Gasteiger partial charge in [0.05, 0.1) is 10.7 Å². The van der Waals surface area contributed by atoms with Crippen LogP contribution in [0.15, 0.2) is 27.9 Å². The summed E-state index contributed by atoms with van der Waals surface area (Å²) in [4.78, 5) is 13.5. The highest BCUT2D eigenvalue weighted by atomic mass is 32.1. The monoisotopic (exact) mass is 419 g/mol. The minimum atomic E-state index is 0.686. The second-order valence-corrected chi connectivity index (χ2v) is 9.26. The first-order valence-corrected chi connectivity index (χ1v) is 12.2. The van der Waals surface area contributed by atoms with E-state index in [1.165, 1.54) is 28.4 Å². The van der Waals surface area contributed by atoms with Gasteiger partial charge < -0.3 is 10.6 Å². The van der Waals surface area contributed by atoms with Crippen LogP contribution in [0.1, 0.15) is 42.3 Å². The Labute approximate surface area is 177 Å². The molecular formula is C21H33N5S2. The standard InChI is InChI=1S/C21H33N5S2/c1-3-20-25-18(16-28-20)15-26-11-8-17(9-12-26)14-24-21(22-4-2)23-10-7-19-6-5-13-27-19/h5-6,13,16-17H,3-4,7-12,14-15H2,1-2H3,(H2,22,23,24). The molecule has 1 aliphatic heterocycles. The Balaban J connectivity index is 1.38. The van der Waals surface area contributed by atoms with Gasteiger partial charge in [0.1, 0.15) is 0 Å². The average Bonchev–Trinajstić information content (AvgIpc) is 3.39. The molecule has 2 aromatic rings. The van der Waals surface area contributed by atoms with E-state index in [9.17, 15) is 0 Å². The molecule has 0 amide bonds. The number of hydrogen-bond donors (Lipinski definition) is 2. The smallest absolute Gasteiger partial charge is 0.191 e. The third kappa shape index (κ3) is 6.87. The number of piperidine rings is 1. The van der Waals surface area contributed by atoms with Gasteiger partial charge in [-0.1, -0.05) is 13.0 Å². The lowest BCUT2D eigenvalue weighted by molar-refractivity contribution is 0.179. The summed E-state index contributed by atoms with van der Waals surface area (Å²) in [5.74, 6) is 1.64. The van der Waals surface area contributed by atoms with Gasteiger partial charge in [0.15, 0.2) is 5.96 Å². The molecule has 2 N–H and O–H groups in total.